The van der Waals surface area contributed by atoms with Crippen LogP contribution in [0.5, 0.6) is 0 Å². The van der Waals surface area contributed by atoms with Gasteiger partial charge in [0.1, 0.15) is 16.8 Å². The van der Waals surface area contributed by atoms with Crippen molar-refractivity contribution in [2.75, 3.05) is 0 Å². The molecule has 0 aliphatic carbocycles. The van der Waals surface area contributed by atoms with E-state index >= 15 is 0 Å². The van der Waals surface area contributed by atoms with Crippen LogP contribution in [0.2, 0.25) is 0 Å². The van der Waals surface area contributed by atoms with Crippen LogP contribution in [0.25, 0.3) is 110 Å². The van der Waals surface area contributed by atoms with Crippen molar-refractivity contribution in [3.05, 3.63) is 176 Å². The van der Waals surface area contributed by atoms with E-state index in [4.69, 9.17) is 29.3 Å². The molecule has 0 bridgehead atoms. The highest BCUT2D eigenvalue weighted by Gasteiger charge is 2.19. The Morgan fingerprint density at radius 3 is 1.66 bits per heavy atom. The standard InChI is InChI=1S/C49H29N5OS/c1-4-14-30(15-5-1)42-44-43(39-22-10-11-25-40(39)55-44)51-48(50-42)34-21-12-20-33(28-34)36-23-13-24-38-37-27-26-35(29-41(37)56-45(36)38)49-53-46(31-16-6-2-7-17-31)52-47(54-49)32-18-8-3-9-19-32/h1-29H. The van der Waals surface area contributed by atoms with Crippen LogP contribution in [0.3, 0.4) is 0 Å². The lowest BCUT2D eigenvalue weighted by Crippen LogP contribution is -1.99. The van der Waals surface area contributed by atoms with Crippen LogP contribution < -0.4 is 0 Å². The van der Waals surface area contributed by atoms with Crippen molar-refractivity contribution >= 4 is 53.6 Å². The average Bonchev–Trinajstić information content (AvgIpc) is 3.85. The maximum atomic E-state index is 6.35. The lowest BCUT2D eigenvalue weighted by molar-refractivity contribution is 0.667. The first kappa shape index (κ1) is 32.1. The predicted octanol–water partition coefficient (Wildman–Crippen LogP) is 12.9. The molecule has 0 spiro atoms. The predicted molar refractivity (Wildman–Crippen MR) is 228 cm³/mol. The van der Waals surface area contributed by atoms with Gasteiger partial charge in [0, 0.05) is 53.4 Å². The van der Waals surface area contributed by atoms with Gasteiger partial charge in [0.15, 0.2) is 28.9 Å². The minimum absolute atomic E-state index is 0.641. The summed E-state index contributed by atoms with van der Waals surface area (Å²) in [5.74, 6) is 2.59. The first-order chi connectivity index (χ1) is 27.7. The number of aromatic nitrogens is 5. The normalized spacial score (nSPS) is 11.6. The topological polar surface area (TPSA) is 77.6 Å². The number of thiophene rings is 1. The summed E-state index contributed by atoms with van der Waals surface area (Å²) < 4.78 is 8.73. The summed E-state index contributed by atoms with van der Waals surface area (Å²) in [4.78, 5) is 25.1. The van der Waals surface area contributed by atoms with Crippen molar-refractivity contribution < 1.29 is 4.42 Å². The van der Waals surface area contributed by atoms with Crippen LogP contribution in [-0.4, -0.2) is 24.9 Å². The molecular weight excluding hydrogens is 707 g/mol. The number of hydrogen-bond donors (Lipinski definition) is 0. The van der Waals surface area contributed by atoms with E-state index < -0.39 is 0 Å². The molecular formula is C49H29N5OS. The van der Waals surface area contributed by atoms with Crippen LogP contribution >= 0.6 is 11.3 Å². The molecule has 262 valence electrons. The molecule has 0 N–H and O–H groups in total. The fraction of sp³-hybridized carbons (Fsp3) is 0. The van der Waals surface area contributed by atoms with Gasteiger partial charge < -0.3 is 4.42 Å². The molecule has 0 saturated heterocycles. The van der Waals surface area contributed by atoms with Gasteiger partial charge in [0.2, 0.25) is 0 Å². The second kappa shape index (κ2) is 13.2. The molecule has 0 fully saturated rings. The number of nitrogens with zero attached hydrogens (tertiary/aromatic N) is 5. The van der Waals surface area contributed by atoms with Crippen molar-refractivity contribution in [3.63, 3.8) is 0 Å². The molecule has 0 aliphatic rings. The van der Waals surface area contributed by atoms with Gasteiger partial charge in [-0.25, -0.2) is 24.9 Å². The number of rotatable bonds is 6. The largest absolute Gasteiger partial charge is 0.452 e. The van der Waals surface area contributed by atoms with E-state index in [1.165, 1.54) is 15.5 Å². The Hall–Kier alpha value is -7.35. The van der Waals surface area contributed by atoms with Gasteiger partial charge in [-0.1, -0.05) is 152 Å². The van der Waals surface area contributed by atoms with Gasteiger partial charge in [-0.05, 0) is 35.4 Å². The van der Waals surface area contributed by atoms with Gasteiger partial charge in [0.05, 0.1) is 0 Å². The van der Waals surface area contributed by atoms with Crippen molar-refractivity contribution in [1.82, 2.24) is 24.9 Å². The van der Waals surface area contributed by atoms with Crippen LogP contribution in [0, 0.1) is 0 Å². The molecule has 0 radical (unpaired) electrons. The molecule has 6 nitrogen and oxygen atoms in total. The minimum Gasteiger partial charge on any atom is -0.452 e. The fourth-order valence-electron chi connectivity index (χ4n) is 7.44. The lowest BCUT2D eigenvalue weighted by Gasteiger charge is -2.09. The Bertz CT molecular complexity index is 3190. The first-order valence-corrected chi connectivity index (χ1v) is 19.2. The van der Waals surface area contributed by atoms with Crippen LogP contribution in [0.4, 0.5) is 0 Å². The smallest absolute Gasteiger partial charge is 0.180 e. The highest BCUT2D eigenvalue weighted by molar-refractivity contribution is 7.26. The Labute approximate surface area is 325 Å². The first-order valence-electron chi connectivity index (χ1n) is 18.4. The number of para-hydroxylation sites is 1. The molecule has 7 heteroatoms. The Morgan fingerprint density at radius 1 is 0.375 bits per heavy atom. The zero-order chi connectivity index (χ0) is 37.0. The summed E-state index contributed by atoms with van der Waals surface area (Å²) >= 11 is 1.78. The molecule has 0 unspecified atom stereocenters. The van der Waals surface area contributed by atoms with Gasteiger partial charge in [-0.3, -0.25) is 0 Å². The van der Waals surface area contributed by atoms with Crippen molar-refractivity contribution in [2.24, 2.45) is 0 Å². The minimum atomic E-state index is 0.641. The summed E-state index contributed by atoms with van der Waals surface area (Å²) in [5, 5.41) is 3.37. The monoisotopic (exact) mass is 735 g/mol. The third kappa shape index (κ3) is 5.52. The van der Waals surface area contributed by atoms with Crippen LogP contribution in [-0.2, 0) is 0 Å². The van der Waals surface area contributed by atoms with Crippen molar-refractivity contribution in [1.29, 1.82) is 0 Å². The summed E-state index contributed by atoms with van der Waals surface area (Å²) in [6, 6.07) is 60.0. The number of furan rings is 1. The summed E-state index contributed by atoms with van der Waals surface area (Å²) in [7, 11) is 0. The Kier molecular flexibility index (Phi) is 7.57. The van der Waals surface area contributed by atoms with Gasteiger partial charge in [0.25, 0.3) is 0 Å². The molecule has 4 aromatic heterocycles. The maximum Gasteiger partial charge on any atom is 0.180 e. The van der Waals surface area contributed by atoms with Crippen LogP contribution in [0.15, 0.2) is 180 Å². The molecule has 56 heavy (non-hydrogen) atoms. The molecule has 11 rings (SSSR count). The van der Waals surface area contributed by atoms with E-state index in [2.05, 4.69) is 78.9 Å². The number of fused-ring (bicyclic) bond motifs is 6. The van der Waals surface area contributed by atoms with Crippen LogP contribution in [0.1, 0.15) is 0 Å². The van der Waals surface area contributed by atoms with E-state index in [1.54, 1.807) is 11.3 Å². The third-order valence-electron chi connectivity index (χ3n) is 10.2. The van der Waals surface area contributed by atoms with Crippen molar-refractivity contribution in [3.8, 4) is 67.9 Å². The average molecular weight is 736 g/mol. The maximum absolute atomic E-state index is 6.35. The van der Waals surface area contributed by atoms with E-state index in [0.717, 1.165) is 65.8 Å². The van der Waals surface area contributed by atoms with Crippen molar-refractivity contribution in [2.45, 2.75) is 0 Å². The van der Waals surface area contributed by atoms with E-state index in [9.17, 15) is 0 Å². The molecule has 0 saturated carbocycles. The van der Waals surface area contributed by atoms with Gasteiger partial charge in [-0.2, -0.15) is 0 Å². The molecule has 7 aromatic carbocycles. The zero-order valence-corrected chi connectivity index (χ0v) is 30.6. The SMILES string of the molecule is c1ccc(-c2nc(-c3ccccc3)nc(-c3ccc4c(c3)sc3c(-c5cccc(-c6nc(-c7ccccc7)c7oc8ccccc8c7n6)c5)cccc34)n2)cc1. The third-order valence-corrected chi connectivity index (χ3v) is 11.4. The highest BCUT2D eigenvalue weighted by Crippen LogP contribution is 2.42. The number of hydrogen-bond acceptors (Lipinski definition) is 7. The summed E-state index contributed by atoms with van der Waals surface area (Å²) in [5.41, 5.74) is 10.1. The van der Waals surface area contributed by atoms with E-state index in [1.807, 2.05) is 97.1 Å². The summed E-state index contributed by atoms with van der Waals surface area (Å²) in [6.07, 6.45) is 0. The molecule has 11 aromatic rings. The second-order valence-electron chi connectivity index (χ2n) is 13.7. The Morgan fingerprint density at radius 2 is 0.929 bits per heavy atom. The molecule has 0 atom stereocenters. The second-order valence-corrected chi connectivity index (χ2v) is 14.7. The zero-order valence-electron chi connectivity index (χ0n) is 29.8. The summed E-state index contributed by atoms with van der Waals surface area (Å²) in [6.45, 7) is 0. The van der Waals surface area contributed by atoms with E-state index in [0.29, 0.717) is 28.9 Å². The molecule has 0 aliphatic heterocycles. The number of benzene rings is 7. The molecule has 0 amide bonds. The van der Waals surface area contributed by atoms with Gasteiger partial charge in [-0.15, -0.1) is 11.3 Å². The Balaban J connectivity index is 1.03. The lowest BCUT2D eigenvalue weighted by atomic mass is 10.00. The van der Waals surface area contributed by atoms with Gasteiger partial charge >= 0.3 is 0 Å². The fourth-order valence-corrected chi connectivity index (χ4v) is 8.72. The quantitative estimate of drug-likeness (QED) is 0.169. The highest BCUT2D eigenvalue weighted by atomic mass is 32.1. The van der Waals surface area contributed by atoms with E-state index in [-0.39, 0.29) is 0 Å². The molecule has 4 heterocycles.